The Bertz CT molecular complexity index is 659. The maximum absolute atomic E-state index is 12.3. The molecule has 2 aromatic rings. The van der Waals surface area contributed by atoms with E-state index in [2.05, 4.69) is 15.5 Å². The third-order valence-corrected chi connectivity index (χ3v) is 4.40. The Hall–Kier alpha value is -1.95. The molecule has 1 saturated carbocycles. The van der Waals surface area contributed by atoms with Gasteiger partial charge in [0.25, 0.3) is 11.6 Å². The number of nitrogens with zero attached hydrogens (tertiary/aromatic N) is 2. The molecule has 0 spiro atoms. The van der Waals surface area contributed by atoms with Crippen LogP contribution in [0.2, 0.25) is 0 Å². The second kappa shape index (κ2) is 5.44. The topological polar surface area (TPSA) is 88.2 Å². The van der Waals surface area contributed by atoms with Crippen LogP contribution in [0.4, 0.5) is 0 Å². The van der Waals surface area contributed by atoms with Gasteiger partial charge in [-0.25, -0.2) is 4.98 Å². The van der Waals surface area contributed by atoms with Gasteiger partial charge in [-0.15, -0.1) is 0 Å². The summed E-state index contributed by atoms with van der Waals surface area (Å²) in [5.74, 6) is -0.176. The second-order valence-electron chi connectivity index (χ2n) is 5.89. The number of hydrogen-bond acceptors (Lipinski definition) is 5. The molecule has 6 nitrogen and oxygen atoms in total. The maximum atomic E-state index is 12.3. The van der Waals surface area contributed by atoms with Crippen molar-refractivity contribution in [2.75, 3.05) is 13.2 Å². The van der Waals surface area contributed by atoms with Crippen molar-refractivity contribution in [3.8, 4) is 0 Å². The first-order valence-electron chi connectivity index (χ1n) is 7.25. The van der Waals surface area contributed by atoms with Gasteiger partial charge in [0.15, 0.2) is 0 Å². The van der Waals surface area contributed by atoms with Crippen LogP contribution in [-0.2, 0) is 0 Å². The standard InChI is InChI=1S/C15H19N3O3/c1-10-12-6-11(7-16-14(12)21-18-10)13(20)17-8-15(9-19)4-2-3-5-15/h6-7,19H,2-5,8-9H2,1H3,(H,17,20). The van der Waals surface area contributed by atoms with Crippen LogP contribution in [0.1, 0.15) is 41.7 Å². The SMILES string of the molecule is Cc1noc2ncc(C(=O)NCC3(CO)CCCC3)cc12. The molecule has 1 aliphatic carbocycles. The van der Waals surface area contributed by atoms with Gasteiger partial charge in [-0.05, 0) is 25.8 Å². The highest BCUT2D eigenvalue weighted by molar-refractivity contribution is 5.96. The molecule has 0 bridgehead atoms. The second-order valence-corrected chi connectivity index (χ2v) is 5.89. The number of fused-ring (bicyclic) bond motifs is 1. The number of carbonyl (C=O) groups excluding carboxylic acids is 1. The van der Waals surface area contributed by atoms with Gasteiger partial charge >= 0.3 is 0 Å². The van der Waals surface area contributed by atoms with Gasteiger partial charge in [0.1, 0.15) is 0 Å². The molecule has 0 radical (unpaired) electrons. The highest BCUT2D eigenvalue weighted by atomic mass is 16.5. The fourth-order valence-corrected chi connectivity index (χ4v) is 2.95. The minimum Gasteiger partial charge on any atom is -0.396 e. The summed E-state index contributed by atoms with van der Waals surface area (Å²) in [6.07, 6.45) is 5.65. The monoisotopic (exact) mass is 289 g/mol. The van der Waals surface area contributed by atoms with Gasteiger partial charge in [0.2, 0.25) is 0 Å². The van der Waals surface area contributed by atoms with Crippen molar-refractivity contribution in [2.45, 2.75) is 32.6 Å². The van der Waals surface area contributed by atoms with Crippen LogP contribution in [-0.4, -0.2) is 34.3 Å². The largest absolute Gasteiger partial charge is 0.396 e. The molecule has 0 aliphatic heterocycles. The zero-order valence-electron chi connectivity index (χ0n) is 12.1. The molecule has 21 heavy (non-hydrogen) atoms. The lowest BCUT2D eigenvalue weighted by atomic mass is 9.87. The molecule has 0 saturated heterocycles. The van der Waals surface area contributed by atoms with Gasteiger partial charge < -0.3 is 14.9 Å². The number of aromatic nitrogens is 2. The lowest BCUT2D eigenvalue weighted by Gasteiger charge is -2.26. The molecule has 1 amide bonds. The van der Waals surface area contributed by atoms with Gasteiger partial charge in [0.05, 0.1) is 23.3 Å². The van der Waals surface area contributed by atoms with Gasteiger partial charge in [-0.1, -0.05) is 18.0 Å². The van der Waals surface area contributed by atoms with E-state index in [0.29, 0.717) is 17.8 Å². The maximum Gasteiger partial charge on any atom is 0.257 e. The molecule has 0 atom stereocenters. The van der Waals surface area contributed by atoms with Crippen LogP contribution < -0.4 is 5.32 Å². The number of nitrogens with one attached hydrogen (secondary N) is 1. The van der Waals surface area contributed by atoms with E-state index in [1.807, 2.05) is 6.92 Å². The van der Waals surface area contributed by atoms with Crippen molar-refractivity contribution in [1.82, 2.24) is 15.5 Å². The van der Waals surface area contributed by atoms with Crippen molar-refractivity contribution in [3.63, 3.8) is 0 Å². The van der Waals surface area contributed by atoms with Gasteiger partial charge in [0, 0.05) is 18.2 Å². The Morgan fingerprint density at radius 1 is 1.48 bits per heavy atom. The first-order chi connectivity index (χ1) is 10.1. The summed E-state index contributed by atoms with van der Waals surface area (Å²) in [4.78, 5) is 16.4. The molecule has 1 fully saturated rings. The van der Waals surface area contributed by atoms with Crippen molar-refractivity contribution >= 4 is 17.0 Å². The number of aliphatic hydroxyl groups is 1. The molecular weight excluding hydrogens is 270 g/mol. The predicted molar refractivity (Wildman–Crippen MR) is 76.9 cm³/mol. The van der Waals surface area contributed by atoms with Crippen LogP contribution in [0.3, 0.4) is 0 Å². The summed E-state index contributed by atoms with van der Waals surface area (Å²) in [5.41, 5.74) is 1.49. The zero-order chi connectivity index (χ0) is 14.9. The Morgan fingerprint density at radius 3 is 2.95 bits per heavy atom. The van der Waals surface area contributed by atoms with Crippen LogP contribution in [0.15, 0.2) is 16.8 Å². The lowest BCUT2D eigenvalue weighted by Crippen LogP contribution is -2.38. The first-order valence-corrected chi connectivity index (χ1v) is 7.25. The molecule has 2 aromatic heterocycles. The minimum absolute atomic E-state index is 0.120. The molecule has 2 N–H and O–H groups in total. The Morgan fingerprint density at radius 2 is 2.24 bits per heavy atom. The fraction of sp³-hybridized carbons (Fsp3) is 0.533. The summed E-state index contributed by atoms with van der Waals surface area (Å²) in [5, 5.41) is 17.1. The van der Waals surface area contributed by atoms with E-state index in [4.69, 9.17) is 4.52 Å². The number of pyridine rings is 1. The van der Waals surface area contributed by atoms with E-state index in [0.717, 1.165) is 36.8 Å². The Labute approximate surface area is 122 Å². The summed E-state index contributed by atoms with van der Waals surface area (Å²) < 4.78 is 5.03. The average molecular weight is 289 g/mol. The van der Waals surface area contributed by atoms with Crippen molar-refractivity contribution in [1.29, 1.82) is 0 Å². The molecule has 3 rings (SSSR count). The van der Waals surface area contributed by atoms with Crippen LogP contribution >= 0.6 is 0 Å². The summed E-state index contributed by atoms with van der Waals surface area (Å²) in [6.45, 7) is 2.44. The lowest BCUT2D eigenvalue weighted by molar-refractivity contribution is 0.0880. The normalized spacial score (nSPS) is 17.2. The third kappa shape index (κ3) is 2.63. The number of aliphatic hydroxyl groups excluding tert-OH is 1. The van der Waals surface area contributed by atoms with Crippen LogP contribution in [0.5, 0.6) is 0 Å². The molecule has 112 valence electrons. The summed E-state index contributed by atoms with van der Waals surface area (Å²) >= 11 is 0. The molecule has 0 aromatic carbocycles. The number of rotatable bonds is 4. The number of carbonyl (C=O) groups is 1. The predicted octanol–water partition coefficient (Wildman–Crippen LogP) is 1.81. The Balaban J connectivity index is 1.73. The fourth-order valence-electron chi connectivity index (χ4n) is 2.95. The van der Waals surface area contributed by atoms with Crippen molar-refractivity contribution in [2.24, 2.45) is 5.41 Å². The van der Waals surface area contributed by atoms with Gasteiger partial charge in [-0.2, -0.15) is 0 Å². The third-order valence-electron chi connectivity index (χ3n) is 4.40. The number of aryl methyl sites for hydroxylation is 1. The molecule has 1 aliphatic rings. The van der Waals surface area contributed by atoms with E-state index >= 15 is 0 Å². The van der Waals surface area contributed by atoms with Gasteiger partial charge in [-0.3, -0.25) is 4.79 Å². The van der Waals surface area contributed by atoms with Crippen LogP contribution in [0, 0.1) is 12.3 Å². The molecule has 0 unspecified atom stereocenters. The summed E-state index contributed by atoms with van der Waals surface area (Å²) in [7, 11) is 0. The van der Waals surface area contributed by atoms with E-state index in [9.17, 15) is 9.90 Å². The highest BCUT2D eigenvalue weighted by Crippen LogP contribution is 2.36. The van der Waals surface area contributed by atoms with Crippen LogP contribution in [0.25, 0.3) is 11.1 Å². The number of hydrogen-bond donors (Lipinski definition) is 2. The van der Waals surface area contributed by atoms with Crippen molar-refractivity contribution < 1.29 is 14.4 Å². The first kappa shape index (κ1) is 14.0. The molecule has 2 heterocycles. The molecular formula is C15H19N3O3. The number of amides is 1. The van der Waals surface area contributed by atoms with E-state index in [1.54, 1.807) is 6.07 Å². The smallest absolute Gasteiger partial charge is 0.257 e. The summed E-state index contributed by atoms with van der Waals surface area (Å²) in [6, 6.07) is 1.74. The zero-order valence-corrected chi connectivity index (χ0v) is 12.1. The van der Waals surface area contributed by atoms with E-state index in [1.165, 1.54) is 6.20 Å². The highest BCUT2D eigenvalue weighted by Gasteiger charge is 2.33. The average Bonchev–Trinajstić information content (AvgIpc) is 3.13. The quantitative estimate of drug-likeness (QED) is 0.896. The molecule has 6 heteroatoms. The van der Waals surface area contributed by atoms with E-state index < -0.39 is 0 Å². The van der Waals surface area contributed by atoms with E-state index in [-0.39, 0.29) is 17.9 Å². The Kier molecular flexibility index (Phi) is 3.63. The van der Waals surface area contributed by atoms with Crippen molar-refractivity contribution in [3.05, 3.63) is 23.5 Å². The minimum atomic E-state index is -0.176.